The minimum atomic E-state index is -0.257. The van der Waals surface area contributed by atoms with Crippen molar-refractivity contribution in [2.24, 2.45) is 5.10 Å². The summed E-state index contributed by atoms with van der Waals surface area (Å²) in [6.07, 6.45) is 1.70. The fourth-order valence-corrected chi connectivity index (χ4v) is 3.52. The minimum absolute atomic E-state index is 0.257. The average molecular weight is 414 g/mol. The number of benzene rings is 2. The van der Waals surface area contributed by atoms with Crippen LogP contribution in [0, 0.1) is 5.82 Å². The number of nitrogens with zero attached hydrogens (tertiary/aromatic N) is 5. The van der Waals surface area contributed by atoms with E-state index in [-0.39, 0.29) is 5.82 Å². The molecule has 3 rings (SSSR count). The molecule has 0 fully saturated rings. The summed E-state index contributed by atoms with van der Waals surface area (Å²) in [4.78, 5) is 2.28. The Labute approximate surface area is 173 Å². The van der Waals surface area contributed by atoms with Crippen LogP contribution >= 0.6 is 11.8 Å². The van der Waals surface area contributed by atoms with Crippen molar-refractivity contribution >= 4 is 29.6 Å². The van der Waals surface area contributed by atoms with Gasteiger partial charge in [0.2, 0.25) is 5.16 Å². The maximum atomic E-state index is 13.0. The normalized spacial score (nSPS) is 11.1. The fourth-order valence-electron chi connectivity index (χ4n) is 2.70. The maximum Gasteiger partial charge on any atom is 0.264 e. The lowest BCUT2D eigenvalue weighted by atomic mass is 10.2. The van der Waals surface area contributed by atoms with Crippen molar-refractivity contribution in [2.45, 2.75) is 24.8 Å². The van der Waals surface area contributed by atoms with Gasteiger partial charge in [-0.1, -0.05) is 36.0 Å². The van der Waals surface area contributed by atoms with Crippen LogP contribution in [0.4, 0.5) is 16.0 Å². The van der Waals surface area contributed by atoms with Crippen molar-refractivity contribution in [3.63, 3.8) is 0 Å². The first-order valence-electron chi connectivity index (χ1n) is 9.32. The number of nitrogen functional groups attached to an aromatic ring is 1. The van der Waals surface area contributed by atoms with Crippen LogP contribution < -0.4 is 16.2 Å². The van der Waals surface area contributed by atoms with Gasteiger partial charge in [-0.2, -0.15) is 5.10 Å². The van der Waals surface area contributed by atoms with E-state index in [1.165, 1.54) is 34.3 Å². The monoisotopic (exact) mass is 413 g/mol. The highest BCUT2D eigenvalue weighted by Gasteiger charge is 2.09. The first kappa shape index (κ1) is 20.7. The zero-order valence-electron chi connectivity index (χ0n) is 16.4. The summed E-state index contributed by atoms with van der Waals surface area (Å²) in [5.74, 6) is 6.71. The number of rotatable bonds is 9. The lowest BCUT2D eigenvalue weighted by molar-refractivity contribution is 0.627. The van der Waals surface area contributed by atoms with Crippen LogP contribution in [0.1, 0.15) is 25.0 Å². The Morgan fingerprint density at radius 2 is 1.79 bits per heavy atom. The third-order valence-electron chi connectivity index (χ3n) is 4.35. The van der Waals surface area contributed by atoms with Crippen LogP contribution in [-0.2, 0) is 5.75 Å². The molecule has 0 spiro atoms. The molecule has 7 nitrogen and oxygen atoms in total. The predicted molar refractivity (Wildman–Crippen MR) is 117 cm³/mol. The lowest BCUT2D eigenvalue weighted by Crippen LogP contribution is -2.21. The molecule has 9 heteroatoms. The SMILES string of the molecule is CCN(CC)c1ccc(/C=N/Nc2nnc(SCc3ccc(F)cc3)n2N)cc1. The first-order valence-corrected chi connectivity index (χ1v) is 10.3. The van der Waals surface area contributed by atoms with Gasteiger partial charge in [-0.25, -0.2) is 14.5 Å². The number of thioether (sulfide) groups is 1. The molecule has 0 radical (unpaired) electrons. The molecule has 0 aliphatic heterocycles. The Morgan fingerprint density at radius 3 is 2.45 bits per heavy atom. The molecule has 2 aromatic carbocycles. The molecule has 0 bridgehead atoms. The quantitative estimate of drug-likeness (QED) is 0.241. The standard InChI is InChI=1S/C20H24FN7S/c1-3-27(4-2)18-11-7-15(8-12-18)13-23-24-19-25-26-20(28(19)22)29-14-16-5-9-17(21)10-6-16/h5-13H,3-4,14,22H2,1-2H3,(H,24,25)/b23-13+. The first-order chi connectivity index (χ1) is 14.1. The molecule has 0 aliphatic rings. The van der Waals surface area contributed by atoms with Gasteiger partial charge in [0.25, 0.3) is 5.95 Å². The number of anilines is 2. The molecular weight excluding hydrogens is 389 g/mol. The number of hydrogen-bond acceptors (Lipinski definition) is 7. The summed E-state index contributed by atoms with van der Waals surface area (Å²) in [5.41, 5.74) is 5.93. The molecule has 152 valence electrons. The van der Waals surface area contributed by atoms with Gasteiger partial charge in [-0.3, -0.25) is 0 Å². The second kappa shape index (κ2) is 9.92. The number of hydrogen-bond donors (Lipinski definition) is 2. The van der Waals surface area contributed by atoms with Gasteiger partial charge in [-0.15, -0.1) is 10.2 Å². The molecular formula is C20H24FN7S. The summed E-state index contributed by atoms with van der Waals surface area (Å²) < 4.78 is 14.3. The minimum Gasteiger partial charge on any atom is -0.372 e. The Balaban J connectivity index is 1.56. The molecule has 3 aromatic rings. The molecule has 29 heavy (non-hydrogen) atoms. The van der Waals surface area contributed by atoms with Crippen LogP contribution in [0.15, 0.2) is 58.8 Å². The van der Waals surface area contributed by atoms with E-state index in [9.17, 15) is 4.39 Å². The number of nitrogens with one attached hydrogen (secondary N) is 1. The van der Waals surface area contributed by atoms with Gasteiger partial charge in [0.05, 0.1) is 6.21 Å². The summed E-state index contributed by atoms with van der Waals surface area (Å²) in [6.45, 7) is 6.22. The Kier molecular flexibility index (Phi) is 7.07. The van der Waals surface area contributed by atoms with E-state index in [1.54, 1.807) is 18.3 Å². The fraction of sp³-hybridized carbons (Fsp3) is 0.250. The van der Waals surface area contributed by atoms with Crippen molar-refractivity contribution in [3.8, 4) is 0 Å². The summed E-state index contributed by atoms with van der Waals surface area (Å²) in [5, 5.41) is 12.8. The highest BCUT2D eigenvalue weighted by molar-refractivity contribution is 7.98. The second-order valence-electron chi connectivity index (χ2n) is 6.23. The van der Waals surface area contributed by atoms with E-state index >= 15 is 0 Å². The lowest BCUT2D eigenvalue weighted by Gasteiger charge is -2.20. The number of halogens is 1. The summed E-state index contributed by atoms with van der Waals surface area (Å²) >= 11 is 1.41. The summed E-state index contributed by atoms with van der Waals surface area (Å²) in [6, 6.07) is 14.5. The third kappa shape index (κ3) is 5.47. The highest BCUT2D eigenvalue weighted by Crippen LogP contribution is 2.21. The van der Waals surface area contributed by atoms with E-state index in [2.05, 4.69) is 51.6 Å². The van der Waals surface area contributed by atoms with E-state index in [0.29, 0.717) is 16.9 Å². The Hall–Kier alpha value is -3.07. The van der Waals surface area contributed by atoms with E-state index < -0.39 is 0 Å². The van der Waals surface area contributed by atoms with Crippen molar-refractivity contribution in [1.82, 2.24) is 14.9 Å². The van der Waals surface area contributed by atoms with Gasteiger partial charge in [0.15, 0.2) is 0 Å². The molecule has 0 atom stereocenters. The topological polar surface area (TPSA) is 84.4 Å². The molecule has 3 N–H and O–H groups in total. The molecule has 0 saturated heterocycles. The molecule has 1 heterocycles. The van der Waals surface area contributed by atoms with E-state index in [0.717, 1.165) is 24.2 Å². The van der Waals surface area contributed by atoms with Gasteiger partial charge in [0, 0.05) is 24.5 Å². The number of aromatic nitrogens is 3. The molecule has 0 unspecified atom stereocenters. The van der Waals surface area contributed by atoms with Gasteiger partial charge >= 0.3 is 0 Å². The molecule has 0 amide bonds. The largest absolute Gasteiger partial charge is 0.372 e. The van der Waals surface area contributed by atoms with Crippen LogP contribution in [0.3, 0.4) is 0 Å². The van der Waals surface area contributed by atoms with Crippen molar-refractivity contribution in [3.05, 3.63) is 65.5 Å². The predicted octanol–water partition coefficient (Wildman–Crippen LogP) is 3.72. The average Bonchev–Trinajstić information content (AvgIpc) is 3.09. The Morgan fingerprint density at radius 1 is 1.10 bits per heavy atom. The van der Waals surface area contributed by atoms with Gasteiger partial charge < -0.3 is 10.7 Å². The van der Waals surface area contributed by atoms with E-state index in [1.807, 2.05) is 12.1 Å². The van der Waals surface area contributed by atoms with Crippen molar-refractivity contribution in [2.75, 3.05) is 29.3 Å². The molecule has 0 aliphatic carbocycles. The number of nitrogens with two attached hydrogens (primary N) is 1. The second-order valence-corrected chi connectivity index (χ2v) is 7.17. The third-order valence-corrected chi connectivity index (χ3v) is 5.36. The van der Waals surface area contributed by atoms with Crippen LogP contribution in [0.2, 0.25) is 0 Å². The highest BCUT2D eigenvalue weighted by atomic mass is 32.2. The van der Waals surface area contributed by atoms with Gasteiger partial charge in [-0.05, 0) is 49.2 Å². The van der Waals surface area contributed by atoms with Crippen LogP contribution in [0.5, 0.6) is 0 Å². The molecule has 1 aromatic heterocycles. The zero-order chi connectivity index (χ0) is 20.6. The van der Waals surface area contributed by atoms with Gasteiger partial charge in [0.1, 0.15) is 5.82 Å². The smallest absolute Gasteiger partial charge is 0.264 e. The summed E-state index contributed by atoms with van der Waals surface area (Å²) in [7, 11) is 0. The maximum absolute atomic E-state index is 13.0. The number of hydrazone groups is 1. The van der Waals surface area contributed by atoms with Crippen molar-refractivity contribution < 1.29 is 4.39 Å². The van der Waals surface area contributed by atoms with Crippen molar-refractivity contribution in [1.29, 1.82) is 0 Å². The van der Waals surface area contributed by atoms with E-state index in [4.69, 9.17) is 5.84 Å². The van der Waals surface area contributed by atoms with Crippen LogP contribution in [-0.4, -0.2) is 34.2 Å². The molecule has 0 saturated carbocycles. The Bertz CT molecular complexity index is 934. The van der Waals surface area contributed by atoms with Crippen LogP contribution in [0.25, 0.3) is 0 Å². The zero-order valence-corrected chi connectivity index (χ0v) is 17.2.